The number of epoxide rings is 1. The van der Waals surface area contributed by atoms with E-state index in [1.807, 2.05) is 19.9 Å². The first-order valence-electron chi connectivity index (χ1n) is 23.2. The van der Waals surface area contributed by atoms with Crippen molar-refractivity contribution in [3.05, 3.63) is 11.6 Å². The lowest BCUT2D eigenvalue weighted by atomic mass is 9.37. The van der Waals surface area contributed by atoms with Gasteiger partial charge in [0.15, 0.2) is 5.78 Å². The fourth-order valence-corrected chi connectivity index (χ4v) is 15.8. The number of hydrogen-bond acceptors (Lipinski definition) is 9. The molecule has 56 heavy (non-hydrogen) atoms. The van der Waals surface area contributed by atoms with Crippen LogP contribution in [-0.4, -0.2) is 85.7 Å². The number of fused-ring (bicyclic) bond motifs is 6. The average Bonchev–Trinajstić information content (AvgIpc) is 3.78. The molecular formula is C47H78N2O7. The number of nitrogens with two attached hydrogens (primary N) is 1. The van der Waals surface area contributed by atoms with Crippen LogP contribution in [0.15, 0.2) is 11.6 Å². The summed E-state index contributed by atoms with van der Waals surface area (Å²) in [7, 11) is 0. The van der Waals surface area contributed by atoms with Crippen molar-refractivity contribution in [1.82, 2.24) is 5.32 Å². The number of ketones is 1. The second-order valence-electron chi connectivity index (χ2n) is 22.4. The maximum Gasteiger partial charge on any atom is 0.159 e. The van der Waals surface area contributed by atoms with Crippen molar-refractivity contribution in [2.75, 3.05) is 13.2 Å². The molecule has 2 heterocycles. The first-order chi connectivity index (χ1) is 26.4. The highest BCUT2D eigenvalue weighted by molar-refractivity contribution is 5.95. The van der Waals surface area contributed by atoms with E-state index >= 15 is 0 Å². The summed E-state index contributed by atoms with van der Waals surface area (Å²) in [5, 5.41) is 64.0. The van der Waals surface area contributed by atoms with E-state index in [-0.39, 0.29) is 53.1 Å². The van der Waals surface area contributed by atoms with Gasteiger partial charge in [0.2, 0.25) is 0 Å². The first-order valence-corrected chi connectivity index (χ1v) is 23.2. The Morgan fingerprint density at radius 2 is 1.61 bits per heavy atom. The largest absolute Gasteiger partial charge is 0.396 e. The number of piperidine rings is 1. The number of carbonyl (C=O) groups excluding carboxylic acids is 1. The van der Waals surface area contributed by atoms with Crippen LogP contribution in [-0.2, 0) is 9.53 Å². The van der Waals surface area contributed by atoms with Crippen LogP contribution in [0.3, 0.4) is 0 Å². The molecule has 15 atom stereocenters. The van der Waals surface area contributed by atoms with Gasteiger partial charge in [-0.25, -0.2) is 0 Å². The van der Waals surface area contributed by atoms with Crippen molar-refractivity contribution >= 4 is 5.78 Å². The molecule has 9 heteroatoms. The van der Waals surface area contributed by atoms with Crippen LogP contribution < -0.4 is 11.1 Å². The molecule has 8 rings (SSSR count). The Morgan fingerprint density at radius 1 is 0.893 bits per heavy atom. The minimum atomic E-state index is -1.40. The van der Waals surface area contributed by atoms with Gasteiger partial charge in [0.25, 0.3) is 0 Å². The van der Waals surface area contributed by atoms with Crippen LogP contribution in [0.5, 0.6) is 0 Å². The molecular weight excluding hydrogens is 705 g/mol. The molecule has 2 aliphatic heterocycles. The predicted molar refractivity (Wildman–Crippen MR) is 217 cm³/mol. The Bertz CT molecular complexity index is 1500. The Balaban J connectivity index is 1.10. The van der Waals surface area contributed by atoms with Crippen molar-refractivity contribution in [3.8, 4) is 0 Å². The second-order valence-corrected chi connectivity index (χ2v) is 22.4. The SMILES string of the molecule is CC(O)(C1OC1C(C)(O)C(C)(CO)CCC1CCNC(N)C1)C1CCC2(O)C3=CC(=O)C4CC(O)CC5(CCCC5)C4(C)C3C(CCC3CCCCC3)CC12C. The van der Waals surface area contributed by atoms with Gasteiger partial charge in [-0.3, -0.25) is 4.79 Å². The van der Waals surface area contributed by atoms with Gasteiger partial charge in [0.05, 0.1) is 35.7 Å². The second kappa shape index (κ2) is 14.6. The van der Waals surface area contributed by atoms with Crippen LogP contribution in [0.1, 0.15) is 163 Å². The molecule has 0 aromatic heterocycles. The summed E-state index contributed by atoms with van der Waals surface area (Å²) >= 11 is 0. The lowest BCUT2D eigenvalue weighted by molar-refractivity contribution is -0.193. The summed E-state index contributed by atoms with van der Waals surface area (Å²) in [6, 6.07) is 0. The van der Waals surface area contributed by atoms with E-state index in [1.54, 1.807) is 6.92 Å². The molecule has 8 aliphatic rings. The number of allylic oxidation sites excluding steroid dienone is 1. The topological polar surface area (TPSA) is 169 Å². The van der Waals surface area contributed by atoms with Crippen molar-refractivity contribution in [2.24, 2.45) is 62.9 Å². The molecule has 0 aromatic rings. The van der Waals surface area contributed by atoms with Crippen molar-refractivity contribution in [3.63, 3.8) is 0 Å². The summed E-state index contributed by atoms with van der Waals surface area (Å²) in [5.41, 5.74) is 1.10. The zero-order valence-corrected chi connectivity index (χ0v) is 35.5. The van der Waals surface area contributed by atoms with Crippen LogP contribution >= 0.6 is 0 Å². The van der Waals surface area contributed by atoms with Crippen LogP contribution in [0.4, 0.5) is 0 Å². The number of carbonyl (C=O) groups is 1. The summed E-state index contributed by atoms with van der Waals surface area (Å²) < 4.78 is 6.40. The summed E-state index contributed by atoms with van der Waals surface area (Å²) in [4.78, 5) is 14.5. The summed E-state index contributed by atoms with van der Waals surface area (Å²) in [6.07, 6.45) is 19.5. The normalized spacial score (nSPS) is 46.9. The third-order valence-corrected chi connectivity index (χ3v) is 19.5. The van der Waals surface area contributed by atoms with Gasteiger partial charge in [-0.1, -0.05) is 72.1 Å². The lowest BCUT2D eigenvalue weighted by Crippen LogP contribution is -2.67. The van der Waals surface area contributed by atoms with Crippen molar-refractivity contribution < 1.29 is 35.1 Å². The maximum atomic E-state index is 14.5. The van der Waals surface area contributed by atoms with Gasteiger partial charge >= 0.3 is 0 Å². The van der Waals surface area contributed by atoms with Gasteiger partial charge in [0.1, 0.15) is 12.2 Å². The third kappa shape index (κ3) is 6.31. The molecule has 0 radical (unpaired) electrons. The molecule has 15 unspecified atom stereocenters. The Labute approximate surface area is 337 Å². The van der Waals surface area contributed by atoms with Crippen molar-refractivity contribution in [1.29, 1.82) is 0 Å². The number of hydrogen-bond donors (Lipinski definition) is 7. The Kier molecular flexibility index (Phi) is 10.9. The third-order valence-electron chi connectivity index (χ3n) is 19.5. The molecule has 9 nitrogen and oxygen atoms in total. The lowest BCUT2D eigenvalue weighted by Gasteiger charge is -2.67. The summed E-state index contributed by atoms with van der Waals surface area (Å²) in [6.45, 7) is 10.8. The maximum absolute atomic E-state index is 14.5. The number of aliphatic hydroxyl groups excluding tert-OH is 2. The molecule has 318 valence electrons. The van der Waals surface area contributed by atoms with E-state index in [4.69, 9.17) is 10.5 Å². The monoisotopic (exact) mass is 783 g/mol. The van der Waals surface area contributed by atoms with E-state index in [2.05, 4.69) is 19.2 Å². The highest BCUT2D eigenvalue weighted by Crippen LogP contribution is 2.75. The Morgan fingerprint density at radius 3 is 2.29 bits per heavy atom. The van der Waals surface area contributed by atoms with Gasteiger partial charge in [0, 0.05) is 16.7 Å². The van der Waals surface area contributed by atoms with Gasteiger partial charge in [-0.15, -0.1) is 0 Å². The van der Waals surface area contributed by atoms with Crippen molar-refractivity contribution in [2.45, 2.75) is 204 Å². The van der Waals surface area contributed by atoms with Gasteiger partial charge < -0.3 is 41.3 Å². The standard InChI is InChI=1S/C47H78N2O7/c1-41(28-50,20-15-30-17-22-49-37(48)23-30)45(5,54)40-39(56-40)44(4,53)36-16-21-47(55)34-25-35(52)33-24-32(51)27-46(18-9-10-19-46)43(33,3)38(34)31(26-42(36,47)2)14-13-29-11-7-6-8-12-29/h25,29-33,36-40,49-51,53-55H,6-24,26-28,48H2,1-5H3. The van der Waals surface area contributed by atoms with Crippen LogP contribution in [0.25, 0.3) is 0 Å². The quantitative estimate of drug-likeness (QED) is 0.119. The first kappa shape index (κ1) is 41.8. The number of ether oxygens (including phenoxy) is 1. The number of nitrogens with one attached hydrogen (secondary N) is 1. The van der Waals surface area contributed by atoms with Crippen LogP contribution in [0, 0.1) is 57.2 Å². The molecule has 0 bridgehead atoms. The zero-order valence-electron chi connectivity index (χ0n) is 35.5. The predicted octanol–water partition coefficient (Wildman–Crippen LogP) is 6.31. The molecule has 8 N–H and O–H groups in total. The van der Waals surface area contributed by atoms with E-state index in [0.29, 0.717) is 37.5 Å². The van der Waals surface area contributed by atoms with E-state index in [9.17, 15) is 30.3 Å². The number of rotatable bonds is 11. The van der Waals surface area contributed by atoms with E-state index in [1.165, 1.54) is 32.1 Å². The smallest absolute Gasteiger partial charge is 0.159 e. The fourth-order valence-electron chi connectivity index (χ4n) is 15.8. The molecule has 2 saturated heterocycles. The highest BCUT2D eigenvalue weighted by Gasteiger charge is 2.76. The molecule has 7 fully saturated rings. The van der Waals surface area contributed by atoms with Gasteiger partial charge in [-0.05, 0) is 150 Å². The van der Waals surface area contributed by atoms with E-state index < -0.39 is 45.9 Å². The fraction of sp³-hybridized carbons (Fsp3) is 0.936. The molecule has 0 amide bonds. The number of aliphatic hydroxyl groups is 5. The zero-order chi connectivity index (χ0) is 40.1. The minimum Gasteiger partial charge on any atom is -0.396 e. The average molecular weight is 783 g/mol. The van der Waals surface area contributed by atoms with E-state index in [0.717, 1.165) is 82.7 Å². The Hall–Kier alpha value is -0.910. The molecule has 0 aromatic carbocycles. The van der Waals surface area contributed by atoms with Gasteiger partial charge in [-0.2, -0.15) is 0 Å². The van der Waals surface area contributed by atoms with Crippen LogP contribution in [0.2, 0.25) is 0 Å². The molecule has 6 aliphatic carbocycles. The highest BCUT2D eigenvalue weighted by atomic mass is 16.6. The summed E-state index contributed by atoms with van der Waals surface area (Å²) in [5.74, 6) is 0.966. The minimum absolute atomic E-state index is 0.0274. The molecule has 1 spiro atoms. The molecule has 5 saturated carbocycles.